The normalized spacial score (nSPS) is 12.2. The highest BCUT2D eigenvalue weighted by atomic mass is 79.9. The third kappa shape index (κ3) is 3.27. The molecule has 6 heteroatoms. The molecule has 1 heterocycles. The van der Waals surface area contributed by atoms with Gasteiger partial charge in [-0.3, -0.25) is 0 Å². The van der Waals surface area contributed by atoms with Crippen LogP contribution in [0.3, 0.4) is 0 Å². The van der Waals surface area contributed by atoms with E-state index in [0.717, 1.165) is 12.1 Å². The molecule has 2 aromatic rings. The molecular formula is C13H11BrF2N2O. The lowest BCUT2D eigenvalue weighted by Crippen LogP contribution is -2.21. The van der Waals surface area contributed by atoms with Crippen LogP contribution in [0.1, 0.15) is 11.6 Å². The minimum absolute atomic E-state index is 0.0534. The monoisotopic (exact) mass is 328 g/mol. The van der Waals surface area contributed by atoms with Crippen molar-refractivity contribution in [1.82, 2.24) is 4.98 Å². The smallest absolute Gasteiger partial charge is 0.152 e. The molecule has 0 aliphatic carbocycles. The van der Waals surface area contributed by atoms with Gasteiger partial charge < -0.3 is 10.5 Å². The van der Waals surface area contributed by atoms with Gasteiger partial charge in [-0.15, -0.1) is 0 Å². The zero-order valence-corrected chi connectivity index (χ0v) is 11.4. The molecule has 2 rings (SSSR count). The standard InChI is InChI=1S/C13H11BrF2N2O/c14-13-11(5-2-6-18-13)19-7-10(17)12-8(15)3-1-4-9(12)16/h1-6,10H,7,17H2/t10-/m1/s1. The first-order chi connectivity index (χ1) is 9.09. The van der Waals surface area contributed by atoms with Gasteiger partial charge in [0.1, 0.15) is 22.8 Å². The van der Waals surface area contributed by atoms with Gasteiger partial charge in [0.2, 0.25) is 0 Å². The van der Waals surface area contributed by atoms with Crippen molar-refractivity contribution in [2.75, 3.05) is 6.61 Å². The van der Waals surface area contributed by atoms with Gasteiger partial charge >= 0.3 is 0 Å². The number of hydrogen-bond acceptors (Lipinski definition) is 3. The summed E-state index contributed by atoms with van der Waals surface area (Å²) in [4.78, 5) is 3.97. The van der Waals surface area contributed by atoms with E-state index in [0.29, 0.717) is 10.4 Å². The lowest BCUT2D eigenvalue weighted by molar-refractivity contribution is 0.281. The van der Waals surface area contributed by atoms with Gasteiger partial charge in [0, 0.05) is 11.8 Å². The van der Waals surface area contributed by atoms with Gasteiger partial charge in [-0.2, -0.15) is 0 Å². The number of ether oxygens (including phenoxy) is 1. The minimum Gasteiger partial charge on any atom is -0.489 e. The summed E-state index contributed by atoms with van der Waals surface area (Å²) in [5, 5.41) is 0. The van der Waals surface area contributed by atoms with E-state index >= 15 is 0 Å². The molecule has 0 amide bonds. The summed E-state index contributed by atoms with van der Waals surface area (Å²) in [5.41, 5.74) is 5.58. The quantitative estimate of drug-likeness (QED) is 0.877. The number of rotatable bonds is 4. The second kappa shape index (κ2) is 6.08. The highest BCUT2D eigenvalue weighted by molar-refractivity contribution is 9.10. The molecule has 0 aliphatic heterocycles. The van der Waals surface area contributed by atoms with Crippen LogP contribution < -0.4 is 10.5 Å². The number of aromatic nitrogens is 1. The maximum atomic E-state index is 13.5. The average Bonchev–Trinajstić information content (AvgIpc) is 2.37. The molecule has 0 bridgehead atoms. The van der Waals surface area contributed by atoms with Crippen molar-refractivity contribution in [3.05, 3.63) is 58.3 Å². The number of halogens is 3. The molecule has 100 valence electrons. The third-order valence-electron chi connectivity index (χ3n) is 2.51. The average molecular weight is 329 g/mol. The van der Waals surface area contributed by atoms with Crippen LogP contribution in [0.25, 0.3) is 0 Å². The molecule has 1 atom stereocenters. The van der Waals surface area contributed by atoms with E-state index in [1.807, 2.05) is 0 Å². The summed E-state index contributed by atoms with van der Waals surface area (Å²) >= 11 is 3.21. The molecule has 0 aliphatic rings. The zero-order valence-electron chi connectivity index (χ0n) is 9.82. The Kier molecular flexibility index (Phi) is 4.44. The van der Waals surface area contributed by atoms with Crippen LogP contribution in [0.4, 0.5) is 8.78 Å². The summed E-state index contributed by atoms with van der Waals surface area (Å²) in [6.45, 7) is -0.0534. The summed E-state index contributed by atoms with van der Waals surface area (Å²) < 4.78 is 32.9. The molecular weight excluding hydrogens is 318 g/mol. The number of nitrogens with two attached hydrogens (primary N) is 1. The Morgan fingerprint density at radius 1 is 1.21 bits per heavy atom. The van der Waals surface area contributed by atoms with Crippen molar-refractivity contribution in [2.45, 2.75) is 6.04 Å². The maximum absolute atomic E-state index is 13.5. The highest BCUT2D eigenvalue weighted by Gasteiger charge is 2.17. The predicted octanol–water partition coefficient (Wildman–Crippen LogP) is 3.20. The molecule has 0 spiro atoms. The highest BCUT2D eigenvalue weighted by Crippen LogP contribution is 2.24. The summed E-state index contributed by atoms with van der Waals surface area (Å²) in [7, 11) is 0. The Morgan fingerprint density at radius 2 is 1.89 bits per heavy atom. The molecule has 0 fully saturated rings. The van der Waals surface area contributed by atoms with Gasteiger partial charge in [-0.1, -0.05) is 6.07 Å². The topological polar surface area (TPSA) is 48.1 Å². The maximum Gasteiger partial charge on any atom is 0.152 e. The molecule has 0 radical (unpaired) electrons. The fourth-order valence-electron chi connectivity index (χ4n) is 1.61. The number of hydrogen-bond donors (Lipinski definition) is 1. The second-order valence-electron chi connectivity index (χ2n) is 3.85. The fraction of sp³-hybridized carbons (Fsp3) is 0.154. The van der Waals surface area contributed by atoms with Gasteiger partial charge in [-0.05, 0) is 40.2 Å². The van der Waals surface area contributed by atoms with Gasteiger partial charge in [0.15, 0.2) is 5.75 Å². The van der Waals surface area contributed by atoms with Crippen LogP contribution in [0.5, 0.6) is 5.75 Å². The lowest BCUT2D eigenvalue weighted by atomic mass is 10.1. The molecule has 0 saturated heterocycles. The van der Waals surface area contributed by atoms with E-state index in [1.54, 1.807) is 18.3 Å². The van der Waals surface area contributed by atoms with E-state index in [-0.39, 0.29) is 12.2 Å². The summed E-state index contributed by atoms with van der Waals surface area (Å²) in [6.07, 6.45) is 1.59. The van der Waals surface area contributed by atoms with Crippen LogP contribution in [0.2, 0.25) is 0 Å². The molecule has 1 aromatic heterocycles. The van der Waals surface area contributed by atoms with Crippen molar-refractivity contribution in [3.8, 4) is 5.75 Å². The van der Waals surface area contributed by atoms with E-state index in [9.17, 15) is 8.78 Å². The Bertz CT molecular complexity index is 560. The van der Waals surface area contributed by atoms with Gasteiger partial charge in [0.25, 0.3) is 0 Å². The van der Waals surface area contributed by atoms with E-state index in [4.69, 9.17) is 10.5 Å². The van der Waals surface area contributed by atoms with E-state index < -0.39 is 17.7 Å². The predicted molar refractivity (Wildman–Crippen MR) is 70.7 cm³/mol. The summed E-state index contributed by atoms with van der Waals surface area (Å²) in [5.74, 6) is -0.891. The van der Waals surface area contributed by atoms with Crippen LogP contribution in [0.15, 0.2) is 41.1 Å². The van der Waals surface area contributed by atoms with Crippen molar-refractivity contribution in [2.24, 2.45) is 5.73 Å². The summed E-state index contributed by atoms with van der Waals surface area (Å²) in [6, 6.07) is 6.10. The SMILES string of the molecule is N[C@H](COc1cccnc1Br)c1c(F)cccc1F. The van der Waals surface area contributed by atoms with E-state index in [1.165, 1.54) is 6.07 Å². The molecule has 1 aromatic carbocycles. The first kappa shape index (κ1) is 13.9. The largest absolute Gasteiger partial charge is 0.489 e. The van der Waals surface area contributed by atoms with Crippen molar-refractivity contribution in [1.29, 1.82) is 0 Å². The second-order valence-corrected chi connectivity index (χ2v) is 4.60. The lowest BCUT2D eigenvalue weighted by Gasteiger charge is -2.15. The van der Waals surface area contributed by atoms with Crippen molar-refractivity contribution >= 4 is 15.9 Å². The number of benzene rings is 1. The first-order valence-electron chi connectivity index (χ1n) is 5.52. The Labute approximate surface area is 117 Å². The Morgan fingerprint density at radius 3 is 2.53 bits per heavy atom. The van der Waals surface area contributed by atoms with E-state index in [2.05, 4.69) is 20.9 Å². The minimum atomic E-state index is -0.895. The molecule has 0 unspecified atom stereocenters. The van der Waals surface area contributed by atoms with Crippen LogP contribution in [0, 0.1) is 11.6 Å². The van der Waals surface area contributed by atoms with Crippen molar-refractivity contribution < 1.29 is 13.5 Å². The van der Waals surface area contributed by atoms with Crippen LogP contribution in [-0.4, -0.2) is 11.6 Å². The molecule has 19 heavy (non-hydrogen) atoms. The Hall–Kier alpha value is -1.53. The van der Waals surface area contributed by atoms with Crippen molar-refractivity contribution in [3.63, 3.8) is 0 Å². The van der Waals surface area contributed by atoms with Crippen LogP contribution >= 0.6 is 15.9 Å². The van der Waals surface area contributed by atoms with Crippen LogP contribution in [-0.2, 0) is 0 Å². The van der Waals surface area contributed by atoms with Gasteiger partial charge in [0.05, 0.1) is 6.04 Å². The molecule has 2 N–H and O–H groups in total. The number of pyridine rings is 1. The Balaban J connectivity index is 2.10. The zero-order chi connectivity index (χ0) is 13.8. The first-order valence-corrected chi connectivity index (χ1v) is 6.31. The third-order valence-corrected chi connectivity index (χ3v) is 3.11. The number of nitrogens with zero attached hydrogens (tertiary/aromatic N) is 1. The molecule has 3 nitrogen and oxygen atoms in total. The molecule has 0 saturated carbocycles. The van der Waals surface area contributed by atoms with Gasteiger partial charge in [-0.25, -0.2) is 13.8 Å². The fourth-order valence-corrected chi connectivity index (χ4v) is 1.97.